The topological polar surface area (TPSA) is 8.17 Å². The minimum Gasteiger partial charge on any atom is -0.310 e. The molecular weight excluding hydrogens is 612 g/mol. The van der Waals surface area contributed by atoms with Gasteiger partial charge in [0.25, 0.3) is 0 Å². The van der Waals surface area contributed by atoms with Gasteiger partial charge in [0.05, 0.1) is 11.0 Å². The highest BCUT2D eigenvalue weighted by atomic mass is 79.9. The minimum absolute atomic E-state index is 1.05. The molecule has 0 aliphatic heterocycles. The molecule has 3 heteroatoms. The third-order valence-electron chi connectivity index (χ3n) is 8.41. The first kappa shape index (κ1) is 27.2. The highest BCUT2D eigenvalue weighted by Gasteiger charge is 2.15. The first-order chi connectivity index (χ1) is 22.2. The summed E-state index contributed by atoms with van der Waals surface area (Å²) in [5.74, 6) is 0. The standard InChI is InChI=1S/C42H29BrN2/c43-34-26-33(28-38(29-34)45-41-20-9-7-18-39(41)40-19-8-10-21-42(40)45)31-22-24-36(25-23-31)44(35-15-5-2-6-16-35)37-17-11-14-32(27-37)30-12-3-1-4-13-30/h1-29H. The quantitative estimate of drug-likeness (QED) is 0.175. The SMILES string of the molecule is Brc1cc(-c2ccc(N(c3ccccc3)c3cccc(-c4ccccc4)c3)cc2)cc(-n2c3ccccc3c3ccccc32)c1. The van der Waals surface area contributed by atoms with Gasteiger partial charge in [-0.25, -0.2) is 0 Å². The largest absolute Gasteiger partial charge is 0.310 e. The molecule has 0 atom stereocenters. The van der Waals surface area contributed by atoms with Gasteiger partial charge in [0.15, 0.2) is 0 Å². The molecule has 8 rings (SSSR count). The highest BCUT2D eigenvalue weighted by molar-refractivity contribution is 9.10. The number of anilines is 3. The number of hydrogen-bond acceptors (Lipinski definition) is 1. The van der Waals surface area contributed by atoms with Gasteiger partial charge in [0.1, 0.15) is 0 Å². The Labute approximate surface area is 271 Å². The van der Waals surface area contributed by atoms with Crippen LogP contribution in [0, 0.1) is 0 Å². The molecule has 8 aromatic rings. The van der Waals surface area contributed by atoms with E-state index in [4.69, 9.17) is 0 Å². The summed E-state index contributed by atoms with van der Waals surface area (Å²) in [6.45, 7) is 0. The van der Waals surface area contributed by atoms with Crippen molar-refractivity contribution in [3.05, 3.63) is 180 Å². The fraction of sp³-hybridized carbons (Fsp3) is 0. The summed E-state index contributed by atoms with van der Waals surface area (Å²) in [6.07, 6.45) is 0. The average Bonchev–Trinajstić information content (AvgIpc) is 3.44. The molecule has 0 saturated carbocycles. The predicted molar refractivity (Wildman–Crippen MR) is 194 cm³/mol. The van der Waals surface area contributed by atoms with Crippen molar-refractivity contribution in [2.75, 3.05) is 4.90 Å². The Morgan fingerprint density at radius 3 is 1.60 bits per heavy atom. The average molecular weight is 642 g/mol. The first-order valence-corrected chi connectivity index (χ1v) is 15.9. The summed E-state index contributed by atoms with van der Waals surface area (Å²) in [4.78, 5) is 2.32. The Morgan fingerprint density at radius 1 is 0.378 bits per heavy atom. The van der Waals surface area contributed by atoms with Crippen molar-refractivity contribution >= 4 is 54.8 Å². The van der Waals surface area contributed by atoms with Crippen molar-refractivity contribution in [3.63, 3.8) is 0 Å². The summed E-state index contributed by atoms with van der Waals surface area (Å²) in [5.41, 5.74) is 11.6. The second kappa shape index (κ2) is 11.6. The van der Waals surface area contributed by atoms with Crippen LogP contribution in [0.25, 0.3) is 49.7 Å². The van der Waals surface area contributed by atoms with E-state index < -0.39 is 0 Å². The van der Waals surface area contributed by atoms with E-state index in [0.29, 0.717) is 0 Å². The first-order valence-electron chi connectivity index (χ1n) is 15.1. The lowest BCUT2D eigenvalue weighted by Gasteiger charge is -2.26. The summed E-state index contributed by atoms with van der Waals surface area (Å²) < 4.78 is 3.41. The zero-order valence-corrected chi connectivity index (χ0v) is 26.1. The van der Waals surface area contributed by atoms with Gasteiger partial charge in [0.2, 0.25) is 0 Å². The molecule has 7 aromatic carbocycles. The van der Waals surface area contributed by atoms with Crippen LogP contribution in [0.2, 0.25) is 0 Å². The summed E-state index contributed by atoms with van der Waals surface area (Å²) in [7, 11) is 0. The maximum absolute atomic E-state index is 3.83. The van der Waals surface area contributed by atoms with Crippen LogP contribution in [-0.4, -0.2) is 4.57 Å². The van der Waals surface area contributed by atoms with Crippen LogP contribution in [-0.2, 0) is 0 Å². The normalized spacial score (nSPS) is 11.2. The van der Waals surface area contributed by atoms with Crippen LogP contribution in [0.3, 0.4) is 0 Å². The molecular formula is C42H29BrN2. The number of benzene rings is 7. The third-order valence-corrected chi connectivity index (χ3v) is 8.86. The van der Waals surface area contributed by atoms with Crippen LogP contribution in [0.1, 0.15) is 0 Å². The van der Waals surface area contributed by atoms with E-state index >= 15 is 0 Å². The molecule has 1 aromatic heterocycles. The van der Waals surface area contributed by atoms with E-state index in [-0.39, 0.29) is 0 Å². The number of nitrogens with zero attached hydrogens (tertiary/aromatic N) is 2. The molecule has 0 spiro atoms. The Morgan fingerprint density at radius 2 is 0.911 bits per heavy atom. The molecule has 0 amide bonds. The van der Waals surface area contributed by atoms with Crippen molar-refractivity contribution in [2.24, 2.45) is 0 Å². The zero-order valence-electron chi connectivity index (χ0n) is 24.5. The highest BCUT2D eigenvalue weighted by Crippen LogP contribution is 2.39. The molecule has 45 heavy (non-hydrogen) atoms. The van der Waals surface area contributed by atoms with E-state index in [0.717, 1.165) is 38.3 Å². The van der Waals surface area contributed by atoms with Crippen molar-refractivity contribution in [2.45, 2.75) is 0 Å². The van der Waals surface area contributed by atoms with Gasteiger partial charge >= 0.3 is 0 Å². The van der Waals surface area contributed by atoms with Crippen LogP contribution in [0.15, 0.2) is 180 Å². The molecule has 2 nitrogen and oxygen atoms in total. The van der Waals surface area contributed by atoms with Gasteiger partial charge in [-0.3, -0.25) is 0 Å². The number of para-hydroxylation sites is 3. The van der Waals surface area contributed by atoms with Crippen LogP contribution < -0.4 is 4.90 Å². The molecule has 0 unspecified atom stereocenters. The summed E-state index contributed by atoms with van der Waals surface area (Å²) >= 11 is 3.83. The van der Waals surface area contributed by atoms with Crippen LogP contribution in [0.5, 0.6) is 0 Å². The van der Waals surface area contributed by atoms with Gasteiger partial charge in [0, 0.05) is 38.0 Å². The Balaban J connectivity index is 1.21. The van der Waals surface area contributed by atoms with Crippen LogP contribution in [0.4, 0.5) is 17.1 Å². The van der Waals surface area contributed by atoms with Crippen molar-refractivity contribution in [1.29, 1.82) is 0 Å². The number of rotatable bonds is 6. The van der Waals surface area contributed by atoms with Crippen LogP contribution >= 0.6 is 15.9 Å². The Kier molecular flexibility index (Phi) is 7.01. The molecule has 0 aliphatic carbocycles. The lowest BCUT2D eigenvalue weighted by Crippen LogP contribution is -2.09. The molecule has 1 heterocycles. The second-order valence-corrected chi connectivity index (χ2v) is 12.1. The summed E-state index contributed by atoms with van der Waals surface area (Å²) in [5, 5.41) is 2.52. The maximum Gasteiger partial charge on any atom is 0.0541 e. The van der Waals surface area contributed by atoms with E-state index in [1.165, 1.54) is 32.9 Å². The maximum atomic E-state index is 3.83. The lowest BCUT2D eigenvalue weighted by atomic mass is 10.0. The van der Waals surface area contributed by atoms with Gasteiger partial charge in [-0.2, -0.15) is 0 Å². The van der Waals surface area contributed by atoms with Gasteiger partial charge < -0.3 is 9.47 Å². The molecule has 0 fully saturated rings. The molecule has 0 saturated heterocycles. The number of aromatic nitrogens is 1. The fourth-order valence-corrected chi connectivity index (χ4v) is 6.83. The molecule has 214 valence electrons. The smallest absolute Gasteiger partial charge is 0.0541 e. The fourth-order valence-electron chi connectivity index (χ4n) is 6.35. The van der Waals surface area contributed by atoms with E-state index in [9.17, 15) is 0 Å². The third kappa shape index (κ3) is 5.12. The number of hydrogen-bond donors (Lipinski definition) is 0. The van der Waals surface area contributed by atoms with Gasteiger partial charge in [-0.05, 0) is 89.0 Å². The lowest BCUT2D eigenvalue weighted by molar-refractivity contribution is 1.18. The molecule has 0 bridgehead atoms. The van der Waals surface area contributed by atoms with E-state index in [2.05, 4.69) is 201 Å². The van der Waals surface area contributed by atoms with E-state index in [1.807, 2.05) is 0 Å². The van der Waals surface area contributed by atoms with Gasteiger partial charge in [-0.15, -0.1) is 0 Å². The minimum atomic E-state index is 1.05. The van der Waals surface area contributed by atoms with Crippen molar-refractivity contribution < 1.29 is 0 Å². The van der Waals surface area contributed by atoms with Crippen molar-refractivity contribution in [3.8, 4) is 27.9 Å². The number of halogens is 1. The summed E-state index contributed by atoms with van der Waals surface area (Å²) in [6, 6.07) is 62.7. The molecule has 0 aliphatic rings. The zero-order chi connectivity index (χ0) is 30.2. The Bertz CT molecular complexity index is 2220. The molecule has 0 radical (unpaired) electrons. The number of fused-ring (bicyclic) bond motifs is 3. The van der Waals surface area contributed by atoms with E-state index in [1.54, 1.807) is 0 Å². The second-order valence-electron chi connectivity index (χ2n) is 11.2. The predicted octanol–water partition coefficient (Wildman–Crippen LogP) is 12.3. The monoisotopic (exact) mass is 640 g/mol. The van der Waals surface area contributed by atoms with Gasteiger partial charge in [-0.1, -0.05) is 125 Å². The van der Waals surface area contributed by atoms with Crippen molar-refractivity contribution in [1.82, 2.24) is 4.57 Å². The Hall–Kier alpha value is -5.38. The molecule has 0 N–H and O–H groups in total.